The third-order valence-electron chi connectivity index (χ3n) is 5.89. The number of imide groups is 1. The van der Waals surface area contributed by atoms with Crippen LogP contribution in [0.15, 0.2) is 82.2 Å². The second-order valence-corrected chi connectivity index (χ2v) is 9.96. The lowest BCUT2D eigenvalue weighted by atomic mass is 10.1. The second-order valence-electron chi connectivity index (χ2n) is 8.05. The zero-order valence-corrected chi connectivity index (χ0v) is 20.6. The Bertz CT molecular complexity index is 1430. The number of aromatic nitrogens is 1. The van der Waals surface area contributed by atoms with Gasteiger partial charge in [0.2, 0.25) is 0 Å². The molecule has 2 amide bonds. The molecule has 0 spiro atoms. The lowest BCUT2D eigenvalue weighted by molar-refractivity contribution is -0.123. The highest BCUT2D eigenvalue weighted by Crippen LogP contribution is 2.35. The number of hydrogen-bond acceptors (Lipinski definition) is 3. The van der Waals surface area contributed by atoms with Gasteiger partial charge in [0.25, 0.3) is 11.1 Å². The van der Waals surface area contributed by atoms with Crippen LogP contribution in [0, 0.1) is 13.8 Å². The van der Waals surface area contributed by atoms with Crippen LogP contribution in [-0.4, -0.2) is 20.6 Å². The van der Waals surface area contributed by atoms with Crippen molar-refractivity contribution in [3.05, 3.63) is 105 Å². The van der Waals surface area contributed by atoms with E-state index in [9.17, 15) is 9.59 Å². The number of benzene rings is 3. The molecular formula is C27H21BrN2O2S. The summed E-state index contributed by atoms with van der Waals surface area (Å²) in [4.78, 5) is 27.4. The largest absolute Gasteiger partial charge is 0.317 e. The van der Waals surface area contributed by atoms with Crippen LogP contribution in [0.4, 0.5) is 4.79 Å². The number of fused-ring (bicyclic) bond motifs is 1. The van der Waals surface area contributed by atoms with E-state index in [0.717, 1.165) is 44.4 Å². The van der Waals surface area contributed by atoms with Gasteiger partial charge in [0.05, 0.1) is 17.1 Å². The first-order valence-corrected chi connectivity index (χ1v) is 12.2. The van der Waals surface area contributed by atoms with Crippen molar-refractivity contribution in [3.63, 3.8) is 0 Å². The van der Waals surface area contributed by atoms with Gasteiger partial charge >= 0.3 is 0 Å². The van der Waals surface area contributed by atoms with E-state index in [4.69, 9.17) is 0 Å². The zero-order valence-electron chi connectivity index (χ0n) is 18.2. The van der Waals surface area contributed by atoms with E-state index in [2.05, 4.69) is 63.8 Å². The highest BCUT2D eigenvalue weighted by atomic mass is 79.9. The van der Waals surface area contributed by atoms with Crippen LogP contribution in [0.3, 0.4) is 0 Å². The van der Waals surface area contributed by atoms with E-state index < -0.39 is 0 Å². The second kappa shape index (κ2) is 8.69. The number of rotatable bonds is 4. The van der Waals surface area contributed by atoms with Crippen LogP contribution in [0.1, 0.15) is 22.5 Å². The molecule has 0 atom stereocenters. The van der Waals surface area contributed by atoms with Crippen molar-refractivity contribution in [3.8, 4) is 5.69 Å². The molecule has 5 rings (SSSR count). The molecule has 1 aliphatic rings. The van der Waals surface area contributed by atoms with Crippen LogP contribution in [0.5, 0.6) is 0 Å². The predicted molar refractivity (Wildman–Crippen MR) is 138 cm³/mol. The molecule has 0 saturated carbocycles. The molecule has 1 aliphatic heterocycles. The standard InChI is InChI=1S/C27H21BrN2O2S/c1-17-14-21(18(2)30(17)24-9-5-7-20-6-3-4-8-23(20)24)15-25-26(31)29(27(32)33-25)16-19-10-12-22(28)13-11-19/h3-15H,16H2,1-2H3/b25-15-. The van der Waals surface area contributed by atoms with Crippen molar-refractivity contribution in [2.75, 3.05) is 0 Å². The Morgan fingerprint density at radius 3 is 2.45 bits per heavy atom. The molecule has 1 saturated heterocycles. The van der Waals surface area contributed by atoms with Gasteiger partial charge in [0, 0.05) is 21.2 Å². The summed E-state index contributed by atoms with van der Waals surface area (Å²) in [5, 5.41) is 2.11. The Morgan fingerprint density at radius 1 is 0.939 bits per heavy atom. The summed E-state index contributed by atoms with van der Waals surface area (Å²) in [6.07, 6.45) is 1.84. The Labute approximate surface area is 205 Å². The molecule has 2 heterocycles. The Morgan fingerprint density at radius 2 is 1.67 bits per heavy atom. The van der Waals surface area contributed by atoms with Gasteiger partial charge in [-0.2, -0.15) is 0 Å². The van der Waals surface area contributed by atoms with Crippen molar-refractivity contribution >= 4 is 55.7 Å². The third kappa shape index (κ3) is 4.05. The monoisotopic (exact) mass is 516 g/mol. The first-order chi connectivity index (χ1) is 15.9. The maximum absolute atomic E-state index is 13.0. The summed E-state index contributed by atoms with van der Waals surface area (Å²) in [6, 6.07) is 24.3. The number of nitrogens with zero attached hydrogens (tertiary/aromatic N) is 2. The van der Waals surface area contributed by atoms with Gasteiger partial charge in [-0.25, -0.2) is 0 Å². The number of amides is 2. The smallest absolute Gasteiger partial charge is 0.293 e. The first kappa shape index (κ1) is 21.7. The Balaban J connectivity index is 1.48. The molecule has 1 aromatic heterocycles. The van der Waals surface area contributed by atoms with Crippen molar-refractivity contribution in [2.45, 2.75) is 20.4 Å². The third-order valence-corrected chi connectivity index (χ3v) is 7.33. The maximum atomic E-state index is 13.0. The highest BCUT2D eigenvalue weighted by molar-refractivity contribution is 9.10. The van der Waals surface area contributed by atoms with E-state index >= 15 is 0 Å². The van der Waals surface area contributed by atoms with E-state index in [1.165, 1.54) is 15.7 Å². The molecule has 33 heavy (non-hydrogen) atoms. The van der Waals surface area contributed by atoms with Gasteiger partial charge in [0.15, 0.2) is 0 Å². The van der Waals surface area contributed by atoms with Crippen LogP contribution >= 0.6 is 27.7 Å². The lowest BCUT2D eigenvalue weighted by Gasteiger charge is -2.13. The van der Waals surface area contributed by atoms with E-state index in [0.29, 0.717) is 4.91 Å². The molecule has 3 aromatic carbocycles. The van der Waals surface area contributed by atoms with Crippen molar-refractivity contribution in [1.29, 1.82) is 0 Å². The highest BCUT2D eigenvalue weighted by Gasteiger charge is 2.35. The number of aryl methyl sites for hydroxylation is 1. The van der Waals surface area contributed by atoms with E-state index in [1.54, 1.807) is 0 Å². The van der Waals surface area contributed by atoms with E-state index in [-0.39, 0.29) is 17.7 Å². The summed E-state index contributed by atoms with van der Waals surface area (Å²) in [7, 11) is 0. The van der Waals surface area contributed by atoms with Crippen molar-refractivity contribution < 1.29 is 9.59 Å². The topological polar surface area (TPSA) is 42.3 Å². The maximum Gasteiger partial charge on any atom is 0.293 e. The molecule has 1 fully saturated rings. The van der Waals surface area contributed by atoms with Crippen LogP contribution in [0.25, 0.3) is 22.5 Å². The van der Waals surface area contributed by atoms with Gasteiger partial charge in [-0.3, -0.25) is 14.5 Å². The number of thioether (sulfide) groups is 1. The van der Waals surface area contributed by atoms with Crippen molar-refractivity contribution in [2.24, 2.45) is 0 Å². The van der Waals surface area contributed by atoms with Gasteiger partial charge in [-0.05, 0) is 72.5 Å². The van der Waals surface area contributed by atoms with Gasteiger partial charge in [-0.1, -0.05) is 64.5 Å². The quantitative estimate of drug-likeness (QED) is 0.268. The minimum Gasteiger partial charge on any atom is -0.317 e. The predicted octanol–water partition coefficient (Wildman–Crippen LogP) is 7.25. The van der Waals surface area contributed by atoms with Crippen LogP contribution in [0.2, 0.25) is 0 Å². The molecule has 164 valence electrons. The summed E-state index contributed by atoms with van der Waals surface area (Å²) in [5.41, 5.74) is 5.06. The van der Waals surface area contributed by atoms with Crippen LogP contribution < -0.4 is 0 Å². The summed E-state index contributed by atoms with van der Waals surface area (Å²) < 4.78 is 3.17. The summed E-state index contributed by atoms with van der Waals surface area (Å²) >= 11 is 4.41. The molecule has 4 aromatic rings. The van der Waals surface area contributed by atoms with Gasteiger partial charge < -0.3 is 4.57 Å². The van der Waals surface area contributed by atoms with Crippen LogP contribution in [-0.2, 0) is 11.3 Å². The molecule has 0 bridgehead atoms. The molecule has 0 radical (unpaired) electrons. The first-order valence-electron chi connectivity index (χ1n) is 10.6. The number of hydrogen-bond donors (Lipinski definition) is 0. The molecule has 0 unspecified atom stereocenters. The fraction of sp³-hybridized carbons (Fsp3) is 0.111. The minimum atomic E-state index is -0.247. The normalized spacial score (nSPS) is 15.2. The van der Waals surface area contributed by atoms with Gasteiger partial charge in [0.1, 0.15) is 0 Å². The van der Waals surface area contributed by atoms with Gasteiger partial charge in [-0.15, -0.1) is 0 Å². The fourth-order valence-electron chi connectivity index (χ4n) is 4.26. The number of carbonyl (C=O) groups is 2. The Kier molecular flexibility index (Phi) is 5.72. The average molecular weight is 517 g/mol. The molecule has 0 aliphatic carbocycles. The molecule has 0 N–H and O–H groups in total. The fourth-order valence-corrected chi connectivity index (χ4v) is 5.35. The Hall–Kier alpha value is -3.09. The lowest BCUT2D eigenvalue weighted by Crippen LogP contribution is -2.27. The molecule has 6 heteroatoms. The van der Waals surface area contributed by atoms with Crippen molar-refractivity contribution in [1.82, 2.24) is 9.47 Å². The summed E-state index contributed by atoms with van der Waals surface area (Å²) in [6.45, 7) is 4.38. The number of carbonyl (C=O) groups excluding carboxylic acids is 2. The zero-order chi connectivity index (χ0) is 23.1. The number of halogens is 1. The summed E-state index contributed by atoms with van der Waals surface area (Å²) in [5.74, 6) is -0.247. The minimum absolute atomic E-state index is 0.239. The molecular weight excluding hydrogens is 496 g/mol. The average Bonchev–Trinajstić information content (AvgIpc) is 3.24. The molecule has 4 nitrogen and oxygen atoms in total. The SMILES string of the molecule is Cc1cc(/C=C2\SC(=O)N(Cc3ccc(Br)cc3)C2=O)c(C)n1-c1cccc2ccccc12. The van der Waals surface area contributed by atoms with E-state index in [1.807, 2.05) is 49.4 Å².